The molecule has 1 aliphatic heterocycles. The van der Waals surface area contributed by atoms with Crippen molar-refractivity contribution in [3.63, 3.8) is 0 Å². The van der Waals surface area contributed by atoms with Crippen LogP contribution in [0.1, 0.15) is 18.9 Å². The van der Waals surface area contributed by atoms with Gasteiger partial charge in [-0.05, 0) is 18.1 Å². The summed E-state index contributed by atoms with van der Waals surface area (Å²) < 4.78 is 0. The Hall–Kier alpha value is 0.700. The average molecular weight is 275 g/mol. The highest BCUT2D eigenvalue weighted by atomic mass is 33.4. The second-order valence-corrected chi connectivity index (χ2v) is 15.4. The minimum absolute atomic E-state index is 1.19. The Morgan fingerprint density at radius 2 is 1.93 bits per heavy atom. The van der Waals surface area contributed by atoms with E-state index in [1.54, 1.807) is 0 Å². The molecule has 1 heterocycles. The largest absolute Gasteiger partial charge is 0.219 e. The van der Waals surface area contributed by atoms with Gasteiger partial charge in [0.05, 0.1) is 0 Å². The zero-order chi connectivity index (χ0) is 10.7. The van der Waals surface area contributed by atoms with E-state index in [-0.39, 0.29) is 0 Å². The Balaban J connectivity index is 2.33. The first-order chi connectivity index (χ1) is 7.26. The Morgan fingerprint density at radius 1 is 1.27 bits per heavy atom. The smallest absolute Gasteiger partial charge is 0.0651 e. The van der Waals surface area contributed by atoms with E-state index in [1.807, 2.05) is 0 Å². The molecule has 4 heteroatoms. The van der Waals surface area contributed by atoms with Crippen molar-refractivity contribution >= 4 is 45.2 Å². The lowest BCUT2D eigenvalue weighted by Crippen LogP contribution is -2.08. The van der Waals surface area contributed by atoms with Gasteiger partial charge in [0.1, 0.15) is 5.30 Å². The molecule has 1 aliphatic rings. The lowest BCUT2D eigenvalue weighted by molar-refractivity contribution is 0.927. The van der Waals surface area contributed by atoms with E-state index < -0.39 is 4.87 Å². The van der Waals surface area contributed by atoms with Gasteiger partial charge in [-0.25, -0.2) is 0 Å². The fourth-order valence-corrected chi connectivity index (χ4v) is 13.1. The van der Waals surface area contributed by atoms with Crippen molar-refractivity contribution in [2.75, 3.05) is 11.5 Å². The summed E-state index contributed by atoms with van der Waals surface area (Å²) in [7, 11) is 0. The van der Waals surface area contributed by atoms with Gasteiger partial charge in [0.15, 0.2) is 0 Å². The summed E-state index contributed by atoms with van der Waals surface area (Å²) in [6.45, 7) is 2.25. The molecule has 1 aromatic rings. The summed E-state index contributed by atoms with van der Waals surface area (Å²) in [5, 5.41) is 1.53. The van der Waals surface area contributed by atoms with Crippen LogP contribution in [0.15, 0.2) is 24.3 Å². The quantitative estimate of drug-likeness (QED) is 0.640. The molecule has 0 unspecified atom stereocenters. The van der Waals surface area contributed by atoms with Crippen LogP contribution in [0.4, 0.5) is 0 Å². The molecule has 1 fully saturated rings. The van der Waals surface area contributed by atoms with Crippen LogP contribution in [-0.4, -0.2) is 11.5 Å². The minimum atomic E-state index is -1.21. The van der Waals surface area contributed by atoms with Crippen molar-refractivity contribution in [3.8, 4) is 0 Å². The van der Waals surface area contributed by atoms with Crippen LogP contribution in [0.3, 0.4) is 0 Å². The maximum atomic E-state index is 4.97. The van der Waals surface area contributed by atoms with Crippen LogP contribution in [0.5, 0.6) is 0 Å². The van der Waals surface area contributed by atoms with Gasteiger partial charge in [-0.15, -0.1) is 0 Å². The van der Waals surface area contributed by atoms with Gasteiger partial charge in [0.25, 0.3) is 0 Å². The molecule has 0 nitrogen and oxygen atoms in total. The van der Waals surface area contributed by atoms with E-state index in [4.69, 9.17) is 12.2 Å². The number of benzene rings is 1. The van der Waals surface area contributed by atoms with Crippen molar-refractivity contribution in [1.82, 2.24) is 0 Å². The fourth-order valence-electron chi connectivity index (χ4n) is 1.77. The first-order valence-corrected chi connectivity index (χ1v) is 11.4. The molecule has 0 atom stereocenters. The molecule has 82 valence electrons. The summed E-state index contributed by atoms with van der Waals surface area (Å²) in [5.41, 5.74) is 1.52. The Morgan fingerprint density at radius 3 is 2.60 bits per heavy atom. The van der Waals surface area contributed by atoms with E-state index in [0.29, 0.717) is 0 Å². The Labute approximate surface area is 106 Å². The number of hydrogen-bond acceptors (Lipinski definition) is 3. The van der Waals surface area contributed by atoms with Gasteiger partial charge in [0.2, 0.25) is 4.87 Å². The highest BCUT2D eigenvalue weighted by molar-refractivity contribution is 9.18. The van der Waals surface area contributed by atoms with E-state index >= 15 is 0 Å². The molecule has 0 aliphatic carbocycles. The van der Waals surface area contributed by atoms with E-state index in [0.717, 1.165) is 0 Å². The molecule has 0 N–H and O–H groups in total. The van der Waals surface area contributed by atoms with Crippen LogP contribution in [-0.2, 0) is 6.42 Å². The molecule has 0 radical (unpaired) electrons. The third-order valence-corrected chi connectivity index (χ3v) is 14.2. The summed E-state index contributed by atoms with van der Waals surface area (Å²) >= 11 is 9.12. The van der Waals surface area contributed by atoms with Crippen molar-refractivity contribution < 1.29 is 0 Å². The topological polar surface area (TPSA) is 0 Å². The van der Waals surface area contributed by atoms with E-state index in [2.05, 4.69) is 54.0 Å². The third kappa shape index (κ3) is 2.69. The number of rotatable bonds is 3. The van der Waals surface area contributed by atoms with Gasteiger partial charge in [0, 0.05) is 46.5 Å². The molecule has 0 bridgehead atoms. The van der Waals surface area contributed by atoms with Crippen LogP contribution in [0.25, 0.3) is 0 Å². The predicted molar refractivity (Wildman–Crippen MR) is 80.9 cm³/mol. The van der Waals surface area contributed by atoms with Crippen LogP contribution in [0, 0.1) is 0 Å². The lowest BCUT2D eigenvalue weighted by atomic mass is 10.1. The standard InChI is InChI=1S/C11H16PS3/c1-2-5-10-6-3-4-7-11(10)12(13)14-8-9-15-12/h3-4,6-7,13H,2,5,8-9H2,1H3/q+1. The normalized spacial score (nSPS) is 19.3. The monoisotopic (exact) mass is 275 g/mol. The number of thiol groups is 1. The van der Waals surface area contributed by atoms with Crippen LogP contribution >= 0.6 is 39.9 Å². The van der Waals surface area contributed by atoms with Crippen molar-refractivity contribution in [2.45, 2.75) is 19.8 Å². The first kappa shape index (κ1) is 12.2. The second-order valence-electron chi connectivity index (χ2n) is 3.57. The molecule has 0 amide bonds. The molecular weight excluding hydrogens is 259 g/mol. The molecule has 0 aromatic heterocycles. The van der Waals surface area contributed by atoms with Crippen molar-refractivity contribution in [2.24, 2.45) is 0 Å². The maximum Gasteiger partial charge on any atom is 0.219 e. The molecule has 2 rings (SSSR count). The Kier molecular flexibility index (Phi) is 4.34. The fraction of sp³-hybridized carbons (Fsp3) is 0.455. The van der Waals surface area contributed by atoms with E-state index in [1.165, 1.54) is 35.2 Å². The molecule has 0 spiro atoms. The van der Waals surface area contributed by atoms with E-state index in [9.17, 15) is 0 Å². The van der Waals surface area contributed by atoms with Crippen LogP contribution < -0.4 is 5.30 Å². The zero-order valence-electron chi connectivity index (χ0n) is 8.85. The van der Waals surface area contributed by atoms with Gasteiger partial charge >= 0.3 is 0 Å². The Bertz CT molecular complexity index is 334. The molecule has 1 saturated heterocycles. The lowest BCUT2D eigenvalue weighted by Gasteiger charge is -2.14. The highest BCUT2D eigenvalue weighted by Gasteiger charge is 2.45. The molecule has 0 saturated carbocycles. The van der Waals surface area contributed by atoms with Gasteiger partial charge in [-0.3, -0.25) is 0 Å². The summed E-state index contributed by atoms with van der Waals surface area (Å²) in [4.78, 5) is -1.21. The average Bonchev–Trinajstić information content (AvgIpc) is 2.68. The minimum Gasteiger partial charge on any atom is -0.0651 e. The summed E-state index contributed by atoms with van der Waals surface area (Å²) in [5.74, 6) is 2.53. The summed E-state index contributed by atoms with van der Waals surface area (Å²) in [6.07, 6.45) is 2.42. The van der Waals surface area contributed by atoms with Crippen molar-refractivity contribution in [3.05, 3.63) is 29.8 Å². The predicted octanol–water partition coefficient (Wildman–Crippen LogP) is 4.44. The number of aryl methyl sites for hydroxylation is 1. The molecule has 1 aromatic carbocycles. The van der Waals surface area contributed by atoms with Crippen LogP contribution in [0.2, 0.25) is 0 Å². The van der Waals surface area contributed by atoms with Crippen molar-refractivity contribution in [1.29, 1.82) is 0 Å². The summed E-state index contributed by atoms with van der Waals surface area (Å²) in [6, 6.07) is 8.87. The maximum absolute atomic E-state index is 4.97. The second kappa shape index (κ2) is 5.35. The first-order valence-electron chi connectivity index (χ1n) is 5.25. The van der Waals surface area contributed by atoms with Gasteiger partial charge in [-0.1, -0.05) is 31.5 Å². The van der Waals surface area contributed by atoms with Gasteiger partial charge < -0.3 is 0 Å². The zero-order valence-corrected chi connectivity index (χ0v) is 12.3. The number of hydrogen-bond donors (Lipinski definition) is 1. The molecular formula is C11H16PS3+. The van der Waals surface area contributed by atoms with Gasteiger partial charge in [-0.2, -0.15) is 0 Å². The third-order valence-electron chi connectivity index (χ3n) is 2.43. The highest BCUT2D eigenvalue weighted by Crippen LogP contribution is 2.85. The SMILES string of the molecule is CCCc1ccccc1[P+]1(S)SCCS1. The molecule has 15 heavy (non-hydrogen) atoms.